The minimum Gasteiger partial charge on any atom is -0.497 e. The number of phosphoric acid groups is 1. The van der Waals surface area contributed by atoms with Gasteiger partial charge in [-0.1, -0.05) is 18.2 Å². The molecule has 0 saturated heterocycles. The first-order chi connectivity index (χ1) is 15.8. The van der Waals surface area contributed by atoms with Crippen LogP contribution in [0.4, 0.5) is 13.2 Å². The molecule has 0 aliphatic carbocycles. The highest BCUT2D eigenvalue weighted by molar-refractivity contribution is 7.46. The Hall–Kier alpha value is -2.14. The molecule has 1 unspecified atom stereocenters. The Morgan fingerprint density at radius 1 is 1.06 bits per heavy atom. The Balaban J connectivity index is 2.01. The van der Waals surface area contributed by atoms with Gasteiger partial charge in [0.2, 0.25) is 0 Å². The lowest BCUT2D eigenvalue weighted by Gasteiger charge is -2.27. The second-order valence-corrected chi connectivity index (χ2v) is 9.16. The van der Waals surface area contributed by atoms with Crippen molar-refractivity contribution in [1.82, 2.24) is 0 Å². The van der Waals surface area contributed by atoms with Crippen LogP contribution >= 0.6 is 7.82 Å². The summed E-state index contributed by atoms with van der Waals surface area (Å²) in [6.07, 6.45) is -3.61. The molecule has 0 bridgehead atoms. The normalized spacial score (nSPS) is 14.0. The van der Waals surface area contributed by atoms with Crippen molar-refractivity contribution in [3.63, 3.8) is 0 Å². The molecule has 12 heteroatoms. The number of halogens is 3. The van der Waals surface area contributed by atoms with Crippen LogP contribution in [0.1, 0.15) is 29.5 Å². The Kier molecular flexibility index (Phi) is 9.93. The fourth-order valence-electron chi connectivity index (χ4n) is 3.17. The molecule has 8 nitrogen and oxygen atoms in total. The Bertz CT molecular complexity index is 983. The number of aryl methyl sites for hydroxylation is 2. The van der Waals surface area contributed by atoms with E-state index in [1.54, 1.807) is 13.2 Å². The first-order valence-electron chi connectivity index (χ1n) is 10.4. The van der Waals surface area contributed by atoms with Crippen molar-refractivity contribution in [1.29, 1.82) is 0 Å². The van der Waals surface area contributed by atoms with Crippen LogP contribution in [0.15, 0.2) is 42.5 Å². The van der Waals surface area contributed by atoms with Gasteiger partial charge < -0.3 is 30.1 Å². The van der Waals surface area contributed by atoms with Gasteiger partial charge in [0.25, 0.3) is 0 Å². The van der Waals surface area contributed by atoms with E-state index in [0.717, 1.165) is 11.6 Å². The monoisotopic (exact) mass is 507 g/mol. The fourth-order valence-corrected chi connectivity index (χ4v) is 3.59. The average Bonchev–Trinajstić information content (AvgIpc) is 2.78. The fraction of sp³-hybridized carbons (Fsp3) is 0.455. The van der Waals surface area contributed by atoms with E-state index in [1.165, 1.54) is 12.1 Å². The number of hydrogen-bond donors (Lipinski definition) is 4. The summed E-state index contributed by atoms with van der Waals surface area (Å²) in [6, 6.07) is 11.0. The van der Waals surface area contributed by atoms with Gasteiger partial charge in [0.15, 0.2) is 0 Å². The van der Waals surface area contributed by atoms with Gasteiger partial charge in [-0.2, -0.15) is 13.2 Å². The van der Waals surface area contributed by atoms with Gasteiger partial charge in [-0.3, -0.25) is 4.52 Å². The highest BCUT2D eigenvalue weighted by Gasteiger charge is 2.35. The number of aliphatic hydroxyl groups is 1. The molecule has 2 aromatic carbocycles. The summed E-state index contributed by atoms with van der Waals surface area (Å²) < 4.78 is 66.6. The number of methoxy groups -OCH3 is 1. The highest BCUT2D eigenvalue weighted by atomic mass is 31.2. The average molecular weight is 507 g/mol. The maximum Gasteiger partial charge on any atom is 0.469 e. The standard InChI is InChI=1S/C22H29F3NO7P/c1-31-18-6-2-4-16(12-18)5-3-11-32-20-8-7-17(13-19(20)22(23,24)25)9-10-21(26,14-27)15-33-34(28,29)30/h2,4,6-8,12-13,27H,3,5,9-11,14-15,26H2,1H3,(H2,28,29,30). The van der Waals surface area contributed by atoms with Gasteiger partial charge in [0.1, 0.15) is 11.5 Å². The summed E-state index contributed by atoms with van der Waals surface area (Å²) in [6.45, 7) is -1.25. The second kappa shape index (κ2) is 12.0. The van der Waals surface area contributed by atoms with Crippen molar-refractivity contribution in [2.24, 2.45) is 5.73 Å². The van der Waals surface area contributed by atoms with E-state index in [4.69, 9.17) is 25.0 Å². The summed E-state index contributed by atoms with van der Waals surface area (Å²) in [5.74, 6) is 0.400. The summed E-state index contributed by atoms with van der Waals surface area (Å²) >= 11 is 0. The first kappa shape index (κ1) is 28.1. The number of rotatable bonds is 13. The van der Waals surface area contributed by atoms with Gasteiger partial charge >= 0.3 is 14.0 Å². The van der Waals surface area contributed by atoms with Crippen LogP contribution in [0.5, 0.6) is 11.5 Å². The molecule has 0 aliphatic rings. The largest absolute Gasteiger partial charge is 0.497 e. The number of ether oxygens (including phenoxy) is 2. The van der Waals surface area contributed by atoms with Crippen molar-refractivity contribution in [2.75, 3.05) is 26.9 Å². The maximum atomic E-state index is 13.6. The van der Waals surface area contributed by atoms with Crippen molar-refractivity contribution in [3.8, 4) is 11.5 Å². The van der Waals surface area contributed by atoms with E-state index in [-0.39, 0.29) is 30.8 Å². The molecule has 0 heterocycles. The van der Waals surface area contributed by atoms with Gasteiger partial charge in [0, 0.05) is 0 Å². The lowest BCUT2D eigenvalue weighted by molar-refractivity contribution is -0.139. The van der Waals surface area contributed by atoms with Crippen LogP contribution in [0.3, 0.4) is 0 Å². The smallest absolute Gasteiger partial charge is 0.469 e. The van der Waals surface area contributed by atoms with E-state index in [2.05, 4.69) is 4.52 Å². The zero-order valence-corrected chi connectivity index (χ0v) is 19.5. The zero-order valence-electron chi connectivity index (χ0n) is 18.6. The van der Waals surface area contributed by atoms with E-state index in [1.807, 2.05) is 18.2 Å². The van der Waals surface area contributed by atoms with Crippen LogP contribution in [-0.4, -0.2) is 47.4 Å². The predicted octanol–water partition coefficient (Wildman–Crippen LogP) is 3.46. The van der Waals surface area contributed by atoms with E-state index in [0.29, 0.717) is 18.6 Å². The molecule has 0 aliphatic heterocycles. The van der Waals surface area contributed by atoms with Gasteiger partial charge in [-0.05, 0) is 61.1 Å². The van der Waals surface area contributed by atoms with Crippen molar-refractivity contribution < 1.29 is 46.6 Å². The molecule has 0 fully saturated rings. The van der Waals surface area contributed by atoms with Gasteiger partial charge in [-0.25, -0.2) is 4.57 Å². The lowest BCUT2D eigenvalue weighted by atomic mass is 9.93. The number of hydrogen-bond acceptors (Lipinski definition) is 6. The first-order valence-corrected chi connectivity index (χ1v) is 11.9. The Morgan fingerprint density at radius 3 is 2.38 bits per heavy atom. The molecule has 1 atom stereocenters. The van der Waals surface area contributed by atoms with Gasteiger partial charge in [-0.15, -0.1) is 0 Å². The predicted molar refractivity (Wildman–Crippen MR) is 119 cm³/mol. The third-order valence-corrected chi connectivity index (χ3v) is 5.56. The molecule has 0 radical (unpaired) electrons. The minimum atomic E-state index is -4.81. The molecule has 5 N–H and O–H groups in total. The Morgan fingerprint density at radius 2 is 1.76 bits per heavy atom. The summed E-state index contributed by atoms with van der Waals surface area (Å²) in [5, 5.41) is 9.46. The quantitative estimate of drug-likeness (QED) is 0.240. The molecule has 0 saturated carbocycles. The molecule has 190 valence electrons. The van der Waals surface area contributed by atoms with Gasteiger partial charge in [0.05, 0.1) is 38.0 Å². The summed E-state index contributed by atoms with van der Waals surface area (Å²) in [5.41, 5.74) is 4.66. The molecular weight excluding hydrogens is 478 g/mol. The molecule has 34 heavy (non-hydrogen) atoms. The summed E-state index contributed by atoms with van der Waals surface area (Å²) in [4.78, 5) is 17.6. The molecule has 2 rings (SSSR count). The van der Waals surface area contributed by atoms with Crippen molar-refractivity contribution >= 4 is 7.82 Å². The van der Waals surface area contributed by atoms with Crippen LogP contribution in [-0.2, 0) is 28.1 Å². The number of benzene rings is 2. The zero-order chi connectivity index (χ0) is 25.4. The third-order valence-electron chi connectivity index (χ3n) is 5.10. The topological polar surface area (TPSA) is 131 Å². The van der Waals surface area contributed by atoms with E-state index < -0.39 is 38.3 Å². The Labute approximate surface area is 195 Å². The number of alkyl halides is 3. The van der Waals surface area contributed by atoms with Crippen LogP contribution in [0.2, 0.25) is 0 Å². The molecule has 0 spiro atoms. The minimum absolute atomic E-state index is 0.0147. The number of nitrogens with two attached hydrogens (primary N) is 1. The van der Waals surface area contributed by atoms with Crippen molar-refractivity contribution in [3.05, 3.63) is 59.2 Å². The molecule has 2 aromatic rings. The highest BCUT2D eigenvalue weighted by Crippen LogP contribution is 2.38. The third kappa shape index (κ3) is 9.25. The summed E-state index contributed by atoms with van der Waals surface area (Å²) in [7, 11) is -3.25. The van der Waals surface area contributed by atoms with Crippen LogP contribution in [0.25, 0.3) is 0 Å². The second-order valence-electron chi connectivity index (χ2n) is 7.92. The molecule has 0 aromatic heterocycles. The number of phosphoric ester groups is 1. The van der Waals surface area contributed by atoms with E-state index >= 15 is 0 Å². The maximum absolute atomic E-state index is 13.6. The van der Waals surface area contributed by atoms with E-state index in [9.17, 15) is 22.8 Å². The van der Waals surface area contributed by atoms with Crippen molar-refractivity contribution in [2.45, 2.75) is 37.4 Å². The lowest BCUT2D eigenvalue weighted by Crippen LogP contribution is -2.48. The van der Waals surface area contributed by atoms with Crippen LogP contribution in [0, 0.1) is 0 Å². The molecular formula is C22H29F3NO7P. The van der Waals surface area contributed by atoms with Crippen LogP contribution < -0.4 is 15.2 Å². The number of aliphatic hydroxyl groups excluding tert-OH is 1. The molecule has 0 amide bonds. The SMILES string of the molecule is COc1cccc(CCCOc2ccc(CCC(N)(CO)COP(=O)(O)O)cc2C(F)(F)F)c1.